The van der Waals surface area contributed by atoms with E-state index < -0.39 is 0 Å². The molecule has 0 saturated carbocycles. The standard InChI is InChI=1S/C15H20FN5O/c1-2-7-21-15(17-18-19-21)11-20-8-9-22-14(10-20)12-3-5-13(16)6-4-12/h3-6,14H,2,7-11H2,1H3/t14-/m0/s1. The van der Waals surface area contributed by atoms with Gasteiger partial charge >= 0.3 is 0 Å². The van der Waals surface area contributed by atoms with Gasteiger partial charge in [0.05, 0.1) is 19.3 Å². The van der Waals surface area contributed by atoms with Gasteiger partial charge in [-0.2, -0.15) is 0 Å². The van der Waals surface area contributed by atoms with Gasteiger partial charge in [-0.25, -0.2) is 9.07 Å². The van der Waals surface area contributed by atoms with Gasteiger partial charge in [0.2, 0.25) is 0 Å². The zero-order valence-electron chi connectivity index (χ0n) is 12.7. The molecule has 0 aliphatic carbocycles. The van der Waals surface area contributed by atoms with Crippen LogP contribution in [0.15, 0.2) is 24.3 Å². The molecule has 1 saturated heterocycles. The molecule has 3 rings (SSSR count). The highest BCUT2D eigenvalue weighted by Crippen LogP contribution is 2.23. The molecule has 0 amide bonds. The summed E-state index contributed by atoms with van der Waals surface area (Å²) in [6.07, 6.45) is 0.962. The normalized spacial score (nSPS) is 19.5. The number of hydrogen-bond acceptors (Lipinski definition) is 5. The van der Waals surface area contributed by atoms with Gasteiger partial charge < -0.3 is 4.74 Å². The number of morpholine rings is 1. The van der Waals surface area contributed by atoms with E-state index in [1.165, 1.54) is 12.1 Å². The Balaban J connectivity index is 1.65. The molecule has 22 heavy (non-hydrogen) atoms. The zero-order valence-corrected chi connectivity index (χ0v) is 12.7. The largest absolute Gasteiger partial charge is 0.371 e. The van der Waals surface area contributed by atoms with E-state index in [9.17, 15) is 4.39 Å². The minimum absolute atomic E-state index is 0.0372. The molecule has 1 aromatic heterocycles. The Labute approximate surface area is 128 Å². The average Bonchev–Trinajstić information content (AvgIpc) is 2.96. The van der Waals surface area contributed by atoms with Crippen molar-refractivity contribution < 1.29 is 9.13 Å². The predicted octanol–water partition coefficient (Wildman–Crippen LogP) is 1.80. The van der Waals surface area contributed by atoms with Crippen LogP contribution in [0.4, 0.5) is 4.39 Å². The van der Waals surface area contributed by atoms with E-state index in [4.69, 9.17) is 4.74 Å². The first-order valence-electron chi connectivity index (χ1n) is 7.60. The molecule has 6 nitrogen and oxygen atoms in total. The van der Waals surface area contributed by atoms with E-state index in [1.807, 2.05) is 4.68 Å². The van der Waals surface area contributed by atoms with Crippen LogP contribution in [0.25, 0.3) is 0 Å². The van der Waals surface area contributed by atoms with Crippen molar-refractivity contribution in [2.24, 2.45) is 0 Å². The Morgan fingerprint density at radius 1 is 1.32 bits per heavy atom. The molecular weight excluding hydrogens is 285 g/mol. The molecule has 1 atom stereocenters. The summed E-state index contributed by atoms with van der Waals surface area (Å²) in [4.78, 5) is 2.27. The number of hydrogen-bond donors (Lipinski definition) is 0. The molecule has 7 heteroatoms. The summed E-state index contributed by atoms with van der Waals surface area (Å²) in [5, 5.41) is 11.9. The maximum atomic E-state index is 13.0. The summed E-state index contributed by atoms with van der Waals surface area (Å²) in [6, 6.07) is 6.51. The second-order valence-corrected chi connectivity index (χ2v) is 5.46. The molecule has 0 bridgehead atoms. The van der Waals surface area contributed by atoms with Gasteiger partial charge in [0.25, 0.3) is 0 Å². The molecule has 0 N–H and O–H groups in total. The fourth-order valence-corrected chi connectivity index (χ4v) is 2.65. The molecular formula is C15H20FN5O. The number of tetrazole rings is 1. The van der Waals surface area contributed by atoms with Crippen molar-refractivity contribution >= 4 is 0 Å². The summed E-state index contributed by atoms with van der Waals surface area (Å²) in [6.45, 7) is 5.88. The molecule has 2 aromatic rings. The molecule has 1 aliphatic heterocycles. The summed E-state index contributed by atoms with van der Waals surface area (Å²) in [5.74, 6) is 0.650. The fourth-order valence-electron chi connectivity index (χ4n) is 2.65. The third-order valence-corrected chi connectivity index (χ3v) is 3.80. The van der Waals surface area contributed by atoms with Crippen molar-refractivity contribution in [3.8, 4) is 0 Å². The maximum absolute atomic E-state index is 13.0. The lowest BCUT2D eigenvalue weighted by atomic mass is 10.1. The second kappa shape index (κ2) is 6.93. The Bertz CT molecular complexity index is 600. The van der Waals surface area contributed by atoms with E-state index >= 15 is 0 Å². The molecule has 1 fully saturated rings. The topological polar surface area (TPSA) is 56.1 Å². The maximum Gasteiger partial charge on any atom is 0.165 e. The van der Waals surface area contributed by atoms with Gasteiger partial charge in [-0.15, -0.1) is 5.10 Å². The SMILES string of the molecule is CCCn1nnnc1CN1CCO[C@H](c2ccc(F)cc2)C1. The van der Waals surface area contributed by atoms with E-state index in [0.717, 1.165) is 37.4 Å². The van der Waals surface area contributed by atoms with Crippen LogP contribution in [0.1, 0.15) is 30.8 Å². The predicted molar refractivity (Wildman–Crippen MR) is 78.5 cm³/mol. The van der Waals surface area contributed by atoms with Crippen LogP contribution in [-0.4, -0.2) is 44.8 Å². The molecule has 1 aromatic carbocycles. The number of benzene rings is 1. The van der Waals surface area contributed by atoms with E-state index in [-0.39, 0.29) is 11.9 Å². The average molecular weight is 305 g/mol. The van der Waals surface area contributed by atoms with Crippen molar-refractivity contribution in [2.45, 2.75) is 32.5 Å². The van der Waals surface area contributed by atoms with Crippen LogP contribution in [-0.2, 0) is 17.8 Å². The van der Waals surface area contributed by atoms with Gasteiger partial charge in [-0.3, -0.25) is 4.90 Å². The van der Waals surface area contributed by atoms with Crippen molar-refractivity contribution in [1.29, 1.82) is 0 Å². The number of aromatic nitrogens is 4. The van der Waals surface area contributed by atoms with E-state index in [0.29, 0.717) is 13.2 Å². The quantitative estimate of drug-likeness (QED) is 0.843. The lowest BCUT2D eigenvalue weighted by molar-refractivity contribution is -0.0340. The van der Waals surface area contributed by atoms with Crippen LogP contribution < -0.4 is 0 Å². The number of aryl methyl sites for hydroxylation is 1. The Morgan fingerprint density at radius 2 is 2.14 bits per heavy atom. The number of nitrogens with zero attached hydrogens (tertiary/aromatic N) is 5. The fraction of sp³-hybridized carbons (Fsp3) is 0.533. The monoisotopic (exact) mass is 305 g/mol. The lowest BCUT2D eigenvalue weighted by Gasteiger charge is -2.32. The summed E-state index contributed by atoms with van der Waals surface area (Å²) in [5.41, 5.74) is 0.999. The Morgan fingerprint density at radius 3 is 2.91 bits per heavy atom. The van der Waals surface area contributed by atoms with Gasteiger partial charge in [0.15, 0.2) is 5.82 Å². The van der Waals surface area contributed by atoms with Gasteiger partial charge in [-0.1, -0.05) is 19.1 Å². The molecule has 0 spiro atoms. The number of ether oxygens (including phenoxy) is 1. The first-order chi connectivity index (χ1) is 10.8. The first kappa shape index (κ1) is 15.1. The third-order valence-electron chi connectivity index (χ3n) is 3.80. The smallest absolute Gasteiger partial charge is 0.165 e. The Hall–Kier alpha value is -1.86. The van der Waals surface area contributed by atoms with Crippen molar-refractivity contribution in [1.82, 2.24) is 25.1 Å². The van der Waals surface area contributed by atoms with Crippen LogP contribution in [0.3, 0.4) is 0 Å². The summed E-state index contributed by atoms with van der Waals surface area (Å²) >= 11 is 0. The minimum Gasteiger partial charge on any atom is -0.371 e. The lowest BCUT2D eigenvalue weighted by Crippen LogP contribution is -2.38. The highest BCUT2D eigenvalue weighted by atomic mass is 19.1. The van der Waals surface area contributed by atoms with Crippen LogP contribution in [0, 0.1) is 5.82 Å². The van der Waals surface area contributed by atoms with Crippen molar-refractivity contribution in [3.63, 3.8) is 0 Å². The molecule has 2 heterocycles. The Kier molecular flexibility index (Phi) is 4.74. The van der Waals surface area contributed by atoms with Crippen molar-refractivity contribution in [3.05, 3.63) is 41.5 Å². The minimum atomic E-state index is -0.227. The van der Waals surface area contributed by atoms with Gasteiger partial charge in [0.1, 0.15) is 5.82 Å². The highest BCUT2D eigenvalue weighted by Gasteiger charge is 2.23. The zero-order chi connectivity index (χ0) is 15.4. The van der Waals surface area contributed by atoms with E-state index in [1.54, 1.807) is 12.1 Å². The molecule has 118 valence electrons. The van der Waals surface area contributed by atoms with Crippen LogP contribution >= 0.6 is 0 Å². The second-order valence-electron chi connectivity index (χ2n) is 5.46. The number of halogens is 1. The van der Waals surface area contributed by atoms with Crippen LogP contribution in [0.2, 0.25) is 0 Å². The first-order valence-corrected chi connectivity index (χ1v) is 7.60. The summed E-state index contributed by atoms with van der Waals surface area (Å²) in [7, 11) is 0. The molecule has 0 unspecified atom stereocenters. The summed E-state index contributed by atoms with van der Waals surface area (Å²) < 4.78 is 20.7. The highest BCUT2D eigenvalue weighted by molar-refractivity contribution is 5.19. The van der Waals surface area contributed by atoms with Gasteiger partial charge in [-0.05, 0) is 34.5 Å². The number of rotatable bonds is 5. The third kappa shape index (κ3) is 3.48. The van der Waals surface area contributed by atoms with Crippen molar-refractivity contribution in [2.75, 3.05) is 19.7 Å². The van der Waals surface area contributed by atoms with Gasteiger partial charge in [0, 0.05) is 19.6 Å². The molecule has 0 radical (unpaired) electrons. The van der Waals surface area contributed by atoms with Crippen LogP contribution in [0.5, 0.6) is 0 Å². The van der Waals surface area contributed by atoms with E-state index in [2.05, 4.69) is 27.3 Å². The molecule has 1 aliphatic rings.